The Morgan fingerprint density at radius 3 is 1.33 bits per heavy atom. The molecule has 2 N–H and O–H groups in total. The Bertz CT molecular complexity index is 673. The largest absolute Gasteiger partial charge is 0.478 e. The molecule has 0 fully saturated rings. The standard InChI is InChI=1S/C32H55NO3/c1-2-3-4-5-6-7-8-9-10-11-12-13-14-15-16-17-18-19-20-21-22-23-28-31(34)33-30-27-25-24-26-29(30)32(35)36/h24-27H,2-23,28H2,1H3,(H,33,34)(H,35,36). The number of anilines is 1. The number of benzene rings is 1. The third-order valence-corrected chi connectivity index (χ3v) is 7.19. The number of nitrogens with one attached hydrogen (secondary N) is 1. The van der Waals surface area contributed by atoms with Crippen LogP contribution in [0.25, 0.3) is 0 Å². The molecule has 0 unspecified atom stereocenters. The molecule has 0 radical (unpaired) electrons. The minimum atomic E-state index is -1.02. The monoisotopic (exact) mass is 501 g/mol. The first kappa shape index (κ1) is 32.2. The van der Waals surface area contributed by atoms with Crippen LogP contribution in [0.5, 0.6) is 0 Å². The molecule has 0 saturated heterocycles. The molecule has 36 heavy (non-hydrogen) atoms. The van der Waals surface area contributed by atoms with Crippen LogP contribution >= 0.6 is 0 Å². The van der Waals surface area contributed by atoms with Crippen LogP contribution in [-0.4, -0.2) is 17.0 Å². The summed E-state index contributed by atoms with van der Waals surface area (Å²) in [5.41, 5.74) is 0.522. The number of hydrogen-bond donors (Lipinski definition) is 2. The maximum Gasteiger partial charge on any atom is 0.337 e. The maximum atomic E-state index is 12.1. The highest BCUT2D eigenvalue weighted by Gasteiger charge is 2.11. The Labute approximate surface area is 222 Å². The smallest absolute Gasteiger partial charge is 0.337 e. The van der Waals surface area contributed by atoms with Gasteiger partial charge in [-0.25, -0.2) is 4.79 Å². The van der Waals surface area contributed by atoms with Crippen molar-refractivity contribution in [2.24, 2.45) is 0 Å². The Balaban J connectivity index is 1.79. The number of carbonyl (C=O) groups is 2. The van der Waals surface area contributed by atoms with Gasteiger partial charge in [0.15, 0.2) is 0 Å². The van der Waals surface area contributed by atoms with E-state index in [1.165, 1.54) is 134 Å². The van der Waals surface area contributed by atoms with E-state index in [1.807, 2.05) is 0 Å². The lowest BCUT2D eigenvalue weighted by molar-refractivity contribution is -0.116. The Morgan fingerprint density at radius 1 is 0.583 bits per heavy atom. The summed E-state index contributed by atoms with van der Waals surface area (Å²) >= 11 is 0. The molecule has 0 spiro atoms. The number of carbonyl (C=O) groups excluding carboxylic acids is 1. The molecule has 0 heterocycles. The summed E-state index contributed by atoms with van der Waals surface area (Å²) in [4.78, 5) is 23.3. The van der Waals surface area contributed by atoms with Crippen molar-refractivity contribution >= 4 is 17.6 Å². The van der Waals surface area contributed by atoms with Gasteiger partial charge in [0.25, 0.3) is 0 Å². The first-order chi connectivity index (χ1) is 17.6. The molecule has 4 nitrogen and oxygen atoms in total. The highest BCUT2D eigenvalue weighted by molar-refractivity contribution is 6.00. The zero-order valence-corrected chi connectivity index (χ0v) is 23.3. The molecule has 0 aliphatic carbocycles. The van der Waals surface area contributed by atoms with Crippen molar-refractivity contribution in [3.8, 4) is 0 Å². The third kappa shape index (κ3) is 18.4. The zero-order chi connectivity index (χ0) is 26.1. The maximum absolute atomic E-state index is 12.1. The van der Waals surface area contributed by atoms with Gasteiger partial charge in [-0.15, -0.1) is 0 Å². The number of para-hydroxylation sites is 1. The van der Waals surface area contributed by atoms with E-state index in [0.717, 1.165) is 12.8 Å². The van der Waals surface area contributed by atoms with Gasteiger partial charge in [0.2, 0.25) is 5.91 Å². The lowest BCUT2D eigenvalue weighted by Gasteiger charge is -2.08. The molecule has 1 aromatic rings. The van der Waals surface area contributed by atoms with Crippen LogP contribution in [0.15, 0.2) is 24.3 Å². The van der Waals surface area contributed by atoms with Crippen LogP contribution in [0.1, 0.15) is 165 Å². The topological polar surface area (TPSA) is 66.4 Å². The third-order valence-electron chi connectivity index (χ3n) is 7.19. The average molecular weight is 502 g/mol. The summed E-state index contributed by atoms with van der Waals surface area (Å²) in [6.45, 7) is 2.29. The lowest BCUT2D eigenvalue weighted by atomic mass is 10.0. The molecular formula is C32H55NO3. The highest BCUT2D eigenvalue weighted by atomic mass is 16.4. The molecule has 0 aromatic heterocycles. The fourth-order valence-electron chi connectivity index (χ4n) is 4.89. The quantitative estimate of drug-likeness (QED) is 0.131. The molecule has 1 aromatic carbocycles. The van der Waals surface area contributed by atoms with Crippen molar-refractivity contribution < 1.29 is 14.7 Å². The van der Waals surface area contributed by atoms with Crippen molar-refractivity contribution in [1.29, 1.82) is 0 Å². The number of carboxylic acids is 1. The first-order valence-corrected chi connectivity index (χ1v) is 15.3. The van der Waals surface area contributed by atoms with E-state index < -0.39 is 5.97 Å². The first-order valence-electron chi connectivity index (χ1n) is 15.3. The van der Waals surface area contributed by atoms with Gasteiger partial charge in [-0.1, -0.05) is 154 Å². The van der Waals surface area contributed by atoms with Crippen molar-refractivity contribution in [3.63, 3.8) is 0 Å². The van der Waals surface area contributed by atoms with Gasteiger partial charge in [-0.2, -0.15) is 0 Å². The van der Waals surface area contributed by atoms with Crippen molar-refractivity contribution in [2.75, 3.05) is 5.32 Å². The van der Waals surface area contributed by atoms with Crippen LogP contribution in [0, 0.1) is 0 Å². The Kier molecular flexibility index (Phi) is 21.1. The van der Waals surface area contributed by atoms with Gasteiger partial charge in [0.05, 0.1) is 11.3 Å². The SMILES string of the molecule is CCCCCCCCCCCCCCCCCCCCCCCCC(=O)Nc1ccccc1C(=O)O. The average Bonchev–Trinajstić information content (AvgIpc) is 2.87. The molecule has 4 heteroatoms. The highest BCUT2D eigenvalue weighted by Crippen LogP contribution is 2.17. The van der Waals surface area contributed by atoms with Crippen LogP contribution in [0.3, 0.4) is 0 Å². The lowest BCUT2D eigenvalue weighted by Crippen LogP contribution is -2.14. The van der Waals surface area contributed by atoms with E-state index in [4.69, 9.17) is 0 Å². The van der Waals surface area contributed by atoms with Gasteiger partial charge in [-0.05, 0) is 18.6 Å². The minimum Gasteiger partial charge on any atom is -0.478 e. The fourth-order valence-corrected chi connectivity index (χ4v) is 4.89. The number of aromatic carboxylic acids is 1. The van der Waals surface area contributed by atoms with E-state index in [1.54, 1.807) is 18.2 Å². The summed E-state index contributed by atoms with van der Waals surface area (Å²) in [7, 11) is 0. The van der Waals surface area contributed by atoms with E-state index in [0.29, 0.717) is 12.1 Å². The Morgan fingerprint density at radius 2 is 0.944 bits per heavy atom. The molecular weight excluding hydrogens is 446 g/mol. The predicted molar refractivity (Wildman–Crippen MR) is 154 cm³/mol. The van der Waals surface area contributed by atoms with Gasteiger partial charge < -0.3 is 10.4 Å². The van der Waals surface area contributed by atoms with Crippen LogP contribution in [0.4, 0.5) is 5.69 Å². The van der Waals surface area contributed by atoms with Gasteiger partial charge >= 0.3 is 5.97 Å². The molecule has 0 atom stereocenters. The number of rotatable bonds is 25. The zero-order valence-electron chi connectivity index (χ0n) is 23.3. The van der Waals surface area contributed by atoms with Crippen molar-refractivity contribution in [3.05, 3.63) is 29.8 Å². The van der Waals surface area contributed by atoms with Crippen LogP contribution in [-0.2, 0) is 4.79 Å². The van der Waals surface area contributed by atoms with Crippen molar-refractivity contribution in [2.45, 2.75) is 155 Å². The van der Waals surface area contributed by atoms with Gasteiger partial charge in [0, 0.05) is 6.42 Å². The van der Waals surface area contributed by atoms with Crippen LogP contribution < -0.4 is 5.32 Å². The summed E-state index contributed by atoms with van der Waals surface area (Å²) < 4.78 is 0. The molecule has 0 aliphatic heterocycles. The van der Waals surface area contributed by atoms with Crippen molar-refractivity contribution in [1.82, 2.24) is 0 Å². The normalized spacial score (nSPS) is 11.0. The second-order valence-corrected chi connectivity index (χ2v) is 10.6. The van der Waals surface area contributed by atoms with Gasteiger partial charge in [0.1, 0.15) is 0 Å². The van der Waals surface area contributed by atoms with E-state index in [9.17, 15) is 14.7 Å². The Hall–Kier alpha value is -1.84. The minimum absolute atomic E-state index is 0.100. The summed E-state index contributed by atoms with van der Waals surface area (Å²) in [6, 6.07) is 6.55. The summed E-state index contributed by atoms with van der Waals surface area (Å²) in [6.07, 6.45) is 30.2. The second kappa shape index (κ2) is 23.6. The molecule has 0 aliphatic rings. The van der Waals surface area contributed by atoms with E-state index >= 15 is 0 Å². The molecule has 1 rings (SSSR count). The van der Waals surface area contributed by atoms with Gasteiger partial charge in [-0.3, -0.25) is 4.79 Å². The second-order valence-electron chi connectivity index (χ2n) is 10.6. The number of hydrogen-bond acceptors (Lipinski definition) is 2. The molecule has 0 bridgehead atoms. The summed E-state index contributed by atoms with van der Waals surface area (Å²) in [5.74, 6) is -1.12. The van der Waals surface area contributed by atoms with E-state index in [-0.39, 0.29) is 11.5 Å². The van der Waals surface area contributed by atoms with Crippen LogP contribution in [0.2, 0.25) is 0 Å². The molecule has 0 saturated carbocycles. The van der Waals surface area contributed by atoms with E-state index in [2.05, 4.69) is 12.2 Å². The predicted octanol–water partition coefficient (Wildman–Crippen LogP) is 10.3. The molecule has 1 amide bonds. The fraction of sp³-hybridized carbons (Fsp3) is 0.750. The number of amides is 1. The number of unbranched alkanes of at least 4 members (excludes halogenated alkanes) is 21. The molecule has 206 valence electrons. The number of carboxylic acid groups (broad SMARTS) is 1. The summed E-state index contributed by atoms with van der Waals surface area (Å²) in [5, 5.41) is 11.9.